The van der Waals surface area contributed by atoms with Crippen molar-refractivity contribution in [2.45, 2.75) is 83.6 Å². The first kappa shape index (κ1) is 13.9. The minimum Gasteiger partial charge on any atom is -0.290 e. The van der Waals surface area contributed by atoms with E-state index in [-0.39, 0.29) is 0 Å². The summed E-state index contributed by atoms with van der Waals surface area (Å²) >= 11 is 0. The average Bonchev–Trinajstić information content (AvgIpc) is 2.48. The van der Waals surface area contributed by atoms with Gasteiger partial charge in [0, 0.05) is 5.71 Å². The minimum atomic E-state index is 0.621. The summed E-state index contributed by atoms with van der Waals surface area (Å²) in [4.78, 5) is 5.58. The second kappa shape index (κ2) is 4.64. The van der Waals surface area contributed by atoms with Gasteiger partial charge in [0.05, 0.1) is 6.04 Å². The number of nitrogens with zero attached hydrogens (tertiary/aromatic N) is 1. The van der Waals surface area contributed by atoms with Gasteiger partial charge in [-0.25, -0.2) is 0 Å². The van der Waals surface area contributed by atoms with Crippen LogP contribution >= 0.6 is 0 Å². The summed E-state index contributed by atoms with van der Waals surface area (Å²) < 4.78 is 0. The topological polar surface area (TPSA) is 12.4 Å². The molecule has 0 N–H and O–H groups in total. The largest absolute Gasteiger partial charge is 0.290 e. The van der Waals surface area contributed by atoms with Gasteiger partial charge in [-0.2, -0.15) is 0 Å². The molecule has 0 radical (unpaired) electrons. The molecule has 0 spiro atoms. The molecule has 1 heteroatoms. The van der Waals surface area contributed by atoms with Crippen molar-refractivity contribution in [1.82, 2.24) is 0 Å². The third kappa shape index (κ3) is 2.00. The highest BCUT2D eigenvalue weighted by Gasteiger charge is 2.54. The van der Waals surface area contributed by atoms with E-state index in [1.54, 1.807) is 31.4 Å². The molecule has 1 nitrogen and oxygen atoms in total. The Morgan fingerprint density at radius 2 is 1.13 bits per heavy atom. The molecule has 126 valence electrons. The van der Waals surface area contributed by atoms with Gasteiger partial charge in [-0.1, -0.05) is 0 Å². The van der Waals surface area contributed by atoms with E-state index in [0.717, 1.165) is 41.4 Å². The van der Waals surface area contributed by atoms with Gasteiger partial charge in [0.2, 0.25) is 0 Å². The van der Waals surface area contributed by atoms with E-state index in [1.807, 2.05) is 0 Å². The number of aliphatic imine (C=N–C) groups is 1. The molecule has 0 aromatic carbocycles. The van der Waals surface area contributed by atoms with Crippen molar-refractivity contribution in [3.63, 3.8) is 0 Å². The standard InChI is InChI=1S/C22H33N/c1-13(22-10-16-3-17(11-22)5-18(4-16)12-22)23-21-19-6-14-2-15(8-19)9-20(21)7-14/h13-20H,2-12H2,1H3. The van der Waals surface area contributed by atoms with Gasteiger partial charge >= 0.3 is 0 Å². The first-order valence-electron chi connectivity index (χ1n) is 10.7. The molecule has 0 aromatic rings. The van der Waals surface area contributed by atoms with Crippen LogP contribution in [0.25, 0.3) is 0 Å². The van der Waals surface area contributed by atoms with Crippen molar-refractivity contribution in [2.75, 3.05) is 0 Å². The zero-order valence-electron chi connectivity index (χ0n) is 14.8. The summed E-state index contributed by atoms with van der Waals surface area (Å²) in [5, 5.41) is 0. The Hall–Kier alpha value is -0.330. The van der Waals surface area contributed by atoms with Crippen LogP contribution in [0.1, 0.15) is 77.6 Å². The van der Waals surface area contributed by atoms with Crippen LogP contribution < -0.4 is 0 Å². The highest BCUT2D eigenvalue weighted by molar-refractivity contribution is 5.91. The fraction of sp³-hybridized carbons (Fsp3) is 0.955. The van der Waals surface area contributed by atoms with Gasteiger partial charge < -0.3 is 0 Å². The van der Waals surface area contributed by atoms with Gasteiger partial charge in [0.25, 0.3) is 0 Å². The first-order valence-corrected chi connectivity index (χ1v) is 10.7. The van der Waals surface area contributed by atoms with Crippen LogP contribution in [0.2, 0.25) is 0 Å². The van der Waals surface area contributed by atoms with E-state index in [0.29, 0.717) is 11.5 Å². The molecular weight excluding hydrogens is 278 g/mol. The molecule has 0 aromatic heterocycles. The molecule has 23 heavy (non-hydrogen) atoms. The molecule has 0 amide bonds. The summed E-state index contributed by atoms with van der Waals surface area (Å²) in [6, 6.07) is 0.628. The third-order valence-electron chi connectivity index (χ3n) is 9.29. The molecule has 8 aliphatic rings. The Bertz CT molecular complexity index is 479. The SMILES string of the molecule is CC(N=C1C2CC3CC(C2)CC1C3)C12CC3CC(CC(C3)C1)C2. The van der Waals surface area contributed by atoms with Crippen LogP contribution in [0.4, 0.5) is 0 Å². The molecule has 0 saturated heterocycles. The van der Waals surface area contributed by atoms with Crippen molar-refractivity contribution in [2.24, 2.45) is 51.8 Å². The maximum Gasteiger partial charge on any atom is 0.0527 e. The molecule has 8 fully saturated rings. The van der Waals surface area contributed by atoms with Crippen molar-refractivity contribution in [3.05, 3.63) is 0 Å². The van der Waals surface area contributed by atoms with Gasteiger partial charge in [0.1, 0.15) is 0 Å². The predicted octanol–water partition coefficient (Wildman–Crippen LogP) is 5.49. The lowest BCUT2D eigenvalue weighted by molar-refractivity contribution is -0.0636. The third-order valence-corrected chi connectivity index (χ3v) is 9.29. The molecule has 8 saturated carbocycles. The van der Waals surface area contributed by atoms with E-state index >= 15 is 0 Å². The Kier molecular flexibility index (Phi) is 2.80. The molecule has 0 aliphatic heterocycles. The highest BCUT2D eigenvalue weighted by Crippen LogP contribution is 2.62. The quantitative estimate of drug-likeness (QED) is 0.639. The zero-order valence-corrected chi connectivity index (χ0v) is 14.8. The van der Waals surface area contributed by atoms with Crippen LogP contribution in [-0.2, 0) is 0 Å². The summed E-state index contributed by atoms with van der Waals surface area (Å²) in [7, 11) is 0. The van der Waals surface area contributed by atoms with Gasteiger partial charge in [-0.3, -0.25) is 4.99 Å². The van der Waals surface area contributed by atoms with Crippen LogP contribution in [0.3, 0.4) is 0 Å². The molecule has 1 unspecified atom stereocenters. The highest BCUT2D eigenvalue weighted by atomic mass is 14.9. The van der Waals surface area contributed by atoms with Crippen LogP contribution in [0.5, 0.6) is 0 Å². The van der Waals surface area contributed by atoms with E-state index in [2.05, 4.69) is 6.92 Å². The smallest absolute Gasteiger partial charge is 0.0527 e. The second-order valence-electron chi connectivity index (χ2n) is 10.8. The molecule has 8 bridgehead atoms. The maximum atomic E-state index is 5.58. The van der Waals surface area contributed by atoms with Crippen molar-refractivity contribution in [1.29, 1.82) is 0 Å². The normalized spacial score (nSPS) is 57.1. The predicted molar refractivity (Wildman–Crippen MR) is 94.5 cm³/mol. The maximum absolute atomic E-state index is 5.58. The molecule has 1 atom stereocenters. The van der Waals surface area contributed by atoms with Crippen molar-refractivity contribution in [3.8, 4) is 0 Å². The summed E-state index contributed by atoms with van der Waals surface area (Å²) in [6.45, 7) is 2.52. The monoisotopic (exact) mass is 311 g/mol. The van der Waals surface area contributed by atoms with E-state index < -0.39 is 0 Å². The Labute approximate surface area is 141 Å². The zero-order chi connectivity index (χ0) is 15.2. The molecule has 8 aliphatic carbocycles. The van der Waals surface area contributed by atoms with Crippen LogP contribution in [-0.4, -0.2) is 11.8 Å². The van der Waals surface area contributed by atoms with Crippen molar-refractivity contribution >= 4 is 5.71 Å². The van der Waals surface area contributed by atoms with E-state index in [1.165, 1.54) is 44.9 Å². The Balaban J connectivity index is 1.30. The molecule has 8 rings (SSSR count). The first-order chi connectivity index (χ1) is 11.2. The molecule has 0 heterocycles. The fourth-order valence-electron chi connectivity index (χ4n) is 8.93. The lowest BCUT2D eigenvalue weighted by atomic mass is 9.48. The van der Waals surface area contributed by atoms with E-state index in [9.17, 15) is 0 Å². The lowest BCUT2D eigenvalue weighted by Crippen LogP contribution is -2.51. The van der Waals surface area contributed by atoms with E-state index in [4.69, 9.17) is 4.99 Å². The summed E-state index contributed by atoms with van der Waals surface area (Å²) in [5.74, 6) is 7.18. The van der Waals surface area contributed by atoms with Crippen LogP contribution in [0, 0.1) is 46.8 Å². The lowest BCUT2D eigenvalue weighted by Gasteiger charge is -2.59. The summed E-state index contributed by atoms with van der Waals surface area (Å²) in [5.41, 5.74) is 2.34. The van der Waals surface area contributed by atoms with Crippen molar-refractivity contribution < 1.29 is 0 Å². The number of hydrogen-bond acceptors (Lipinski definition) is 1. The van der Waals surface area contributed by atoms with Gasteiger partial charge in [-0.05, 0) is 124 Å². The number of hydrogen-bond donors (Lipinski definition) is 0. The fourth-order valence-corrected chi connectivity index (χ4v) is 8.93. The van der Waals surface area contributed by atoms with Gasteiger partial charge in [-0.15, -0.1) is 0 Å². The molecular formula is C22H33N. The van der Waals surface area contributed by atoms with Gasteiger partial charge in [0.15, 0.2) is 0 Å². The second-order valence-corrected chi connectivity index (χ2v) is 10.8. The van der Waals surface area contributed by atoms with Crippen LogP contribution in [0.15, 0.2) is 4.99 Å². The Morgan fingerprint density at radius 3 is 1.61 bits per heavy atom. The minimum absolute atomic E-state index is 0.621. The average molecular weight is 312 g/mol. The Morgan fingerprint density at radius 1 is 0.696 bits per heavy atom. The summed E-state index contributed by atoms with van der Waals surface area (Å²) in [6.07, 6.45) is 16.8. The number of rotatable bonds is 2.